The Morgan fingerprint density at radius 3 is 2.94 bits per heavy atom. The maximum atomic E-state index is 11.7. The Labute approximate surface area is 92.0 Å². The number of likely N-dealkylation sites (tertiary alicyclic amines) is 1. The first kappa shape index (κ1) is 11.1. The summed E-state index contributed by atoms with van der Waals surface area (Å²) >= 11 is 0. The molecule has 6 nitrogen and oxygen atoms in total. The highest BCUT2D eigenvalue weighted by Crippen LogP contribution is 2.08. The van der Waals surface area contributed by atoms with Crippen LogP contribution in [0.4, 0.5) is 0 Å². The van der Waals surface area contributed by atoms with E-state index >= 15 is 0 Å². The van der Waals surface area contributed by atoms with Gasteiger partial charge in [-0.25, -0.2) is 0 Å². The van der Waals surface area contributed by atoms with Crippen LogP contribution in [0.25, 0.3) is 0 Å². The molecule has 1 aromatic rings. The summed E-state index contributed by atoms with van der Waals surface area (Å²) in [6.07, 6.45) is 0.294. The lowest BCUT2D eigenvalue weighted by Crippen LogP contribution is -2.34. The van der Waals surface area contributed by atoms with Crippen molar-refractivity contribution >= 4 is 5.91 Å². The fourth-order valence-electron chi connectivity index (χ4n) is 1.83. The molecule has 0 radical (unpaired) electrons. The van der Waals surface area contributed by atoms with Crippen LogP contribution in [0.1, 0.15) is 17.0 Å². The molecule has 1 aliphatic heterocycles. The zero-order valence-electron chi connectivity index (χ0n) is 9.05. The van der Waals surface area contributed by atoms with Gasteiger partial charge in [0.05, 0.1) is 12.6 Å². The van der Waals surface area contributed by atoms with Crippen LogP contribution in [0.2, 0.25) is 0 Å². The molecule has 1 aliphatic rings. The van der Waals surface area contributed by atoms with Crippen LogP contribution >= 0.6 is 0 Å². The predicted molar refractivity (Wildman–Crippen MR) is 55.4 cm³/mol. The second kappa shape index (κ2) is 4.23. The minimum Gasteiger partial charge on any atom is -0.392 e. The number of β-amino-alcohol motifs (C(OH)–C–C–N with tert-alkyl or cyclic N) is 1. The largest absolute Gasteiger partial charge is 0.392 e. The van der Waals surface area contributed by atoms with Crippen molar-refractivity contribution in [2.45, 2.75) is 19.4 Å². The molecule has 1 atom stereocenters. The summed E-state index contributed by atoms with van der Waals surface area (Å²) in [6, 6.07) is 1.27. The number of nitrogens with zero attached hydrogens (tertiary/aromatic N) is 2. The third kappa shape index (κ3) is 2.23. The van der Waals surface area contributed by atoms with E-state index in [4.69, 9.17) is 4.52 Å². The van der Waals surface area contributed by atoms with Gasteiger partial charge < -0.3 is 9.63 Å². The lowest BCUT2D eigenvalue weighted by Gasteiger charge is -2.12. The van der Waals surface area contributed by atoms with E-state index in [2.05, 4.69) is 0 Å². The average molecular weight is 226 g/mol. The van der Waals surface area contributed by atoms with Gasteiger partial charge in [0.25, 0.3) is 11.5 Å². The Morgan fingerprint density at radius 1 is 1.69 bits per heavy atom. The number of carbonyl (C=O) groups excluding carboxylic acids is 1. The van der Waals surface area contributed by atoms with Crippen molar-refractivity contribution in [3.8, 4) is 0 Å². The third-order valence-corrected chi connectivity index (χ3v) is 2.60. The van der Waals surface area contributed by atoms with Gasteiger partial charge in [-0.15, -0.1) is 4.74 Å². The minimum atomic E-state index is -0.442. The fourth-order valence-corrected chi connectivity index (χ4v) is 1.83. The standard InChI is InChI=1S/C10H14N2O4/c1-7-4-9(14)12(16-7)10(15)6-11-3-2-8(13)5-11/h4,8,13H,2-3,5-6H2,1H3/t8-/m0/s1. The monoisotopic (exact) mass is 226 g/mol. The Balaban J connectivity index is 2.03. The van der Waals surface area contributed by atoms with Crippen LogP contribution in [-0.4, -0.2) is 46.4 Å². The zero-order valence-corrected chi connectivity index (χ0v) is 9.05. The Kier molecular flexibility index (Phi) is 2.93. The molecule has 0 amide bonds. The second-order valence-corrected chi connectivity index (χ2v) is 4.05. The molecule has 0 spiro atoms. The van der Waals surface area contributed by atoms with Crippen LogP contribution in [0, 0.1) is 6.92 Å². The number of rotatable bonds is 2. The van der Waals surface area contributed by atoms with E-state index in [1.807, 2.05) is 0 Å². The molecule has 0 unspecified atom stereocenters. The van der Waals surface area contributed by atoms with Gasteiger partial charge in [0.15, 0.2) is 0 Å². The molecule has 2 rings (SSSR count). The minimum absolute atomic E-state index is 0.101. The number of aryl methyl sites for hydroxylation is 1. The normalized spacial score (nSPS) is 21.5. The van der Waals surface area contributed by atoms with Crippen molar-refractivity contribution in [1.82, 2.24) is 9.64 Å². The van der Waals surface area contributed by atoms with Gasteiger partial charge in [0, 0.05) is 19.2 Å². The number of aromatic nitrogens is 1. The van der Waals surface area contributed by atoms with Crippen molar-refractivity contribution in [3.05, 3.63) is 22.2 Å². The zero-order chi connectivity index (χ0) is 11.7. The highest BCUT2D eigenvalue weighted by molar-refractivity contribution is 5.79. The molecule has 1 aromatic heterocycles. The third-order valence-electron chi connectivity index (χ3n) is 2.60. The maximum Gasteiger partial charge on any atom is 0.290 e. The summed E-state index contributed by atoms with van der Waals surface area (Å²) in [5, 5.41) is 9.30. The van der Waals surface area contributed by atoms with Gasteiger partial charge in [0.2, 0.25) is 0 Å². The van der Waals surface area contributed by atoms with Crippen molar-refractivity contribution in [2.75, 3.05) is 19.6 Å². The van der Waals surface area contributed by atoms with Crippen molar-refractivity contribution in [1.29, 1.82) is 0 Å². The first-order chi connectivity index (χ1) is 7.56. The van der Waals surface area contributed by atoms with E-state index < -0.39 is 11.5 Å². The summed E-state index contributed by atoms with van der Waals surface area (Å²) in [4.78, 5) is 24.8. The number of aliphatic hydroxyl groups is 1. The molecular weight excluding hydrogens is 212 g/mol. The first-order valence-corrected chi connectivity index (χ1v) is 5.20. The van der Waals surface area contributed by atoms with Gasteiger partial charge in [-0.3, -0.25) is 14.5 Å². The maximum absolute atomic E-state index is 11.7. The molecule has 16 heavy (non-hydrogen) atoms. The smallest absolute Gasteiger partial charge is 0.290 e. The van der Waals surface area contributed by atoms with Crippen molar-refractivity contribution in [2.24, 2.45) is 0 Å². The first-order valence-electron chi connectivity index (χ1n) is 5.20. The quantitative estimate of drug-likeness (QED) is 0.732. The molecule has 0 saturated carbocycles. The molecule has 0 aliphatic carbocycles. The molecule has 88 valence electrons. The summed E-state index contributed by atoms with van der Waals surface area (Å²) in [6.45, 7) is 2.86. The number of hydrogen-bond acceptors (Lipinski definition) is 5. The Hall–Kier alpha value is -1.40. The van der Waals surface area contributed by atoms with E-state index in [0.29, 0.717) is 25.3 Å². The van der Waals surface area contributed by atoms with Crippen LogP contribution in [0.5, 0.6) is 0 Å². The van der Waals surface area contributed by atoms with Crippen molar-refractivity contribution < 1.29 is 14.4 Å². The second-order valence-electron chi connectivity index (χ2n) is 4.05. The predicted octanol–water partition coefficient (Wildman–Crippen LogP) is -0.543. The van der Waals surface area contributed by atoms with Gasteiger partial charge in [-0.1, -0.05) is 0 Å². The molecule has 0 aromatic carbocycles. The molecule has 2 heterocycles. The SMILES string of the molecule is Cc1cc(=O)n(C(=O)CN2CC[C@H](O)C2)o1. The Bertz CT molecular complexity index is 448. The molecule has 1 N–H and O–H groups in total. The molecule has 1 saturated heterocycles. The number of carbonyl (C=O) groups is 1. The van der Waals surface area contributed by atoms with E-state index in [1.54, 1.807) is 11.8 Å². The molecule has 0 bridgehead atoms. The topological polar surface area (TPSA) is 75.7 Å². The lowest BCUT2D eigenvalue weighted by atomic mass is 10.3. The van der Waals surface area contributed by atoms with Crippen LogP contribution in [0.15, 0.2) is 15.4 Å². The highest BCUT2D eigenvalue weighted by atomic mass is 16.5. The fraction of sp³-hybridized carbons (Fsp3) is 0.600. The van der Waals surface area contributed by atoms with E-state index in [0.717, 1.165) is 4.74 Å². The van der Waals surface area contributed by atoms with Crippen LogP contribution in [0.3, 0.4) is 0 Å². The highest BCUT2D eigenvalue weighted by Gasteiger charge is 2.23. The van der Waals surface area contributed by atoms with Gasteiger partial charge >= 0.3 is 0 Å². The number of hydrogen-bond donors (Lipinski definition) is 1. The van der Waals surface area contributed by atoms with E-state index in [-0.39, 0.29) is 12.6 Å². The van der Waals surface area contributed by atoms with Crippen molar-refractivity contribution in [3.63, 3.8) is 0 Å². The molecule has 6 heteroatoms. The summed E-state index contributed by atoms with van der Waals surface area (Å²) in [5.74, 6) is 0.0204. The van der Waals surface area contributed by atoms with Crippen LogP contribution in [-0.2, 0) is 0 Å². The summed E-state index contributed by atoms with van der Waals surface area (Å²) in [7, 11) is 0. The van der Waals surface area contributed by atoms with E-state index in [1.165, 1.54) is 6.07 Å². The van der Waals surface area contributed by atoms with Gasteiger partial charge in [-0.05, 0) is 13.3 Å². The molecular formula is C10H14N2O4. The number of aliphatic hydroxyl groups excluding tert-OH is 1. The van der Waals surface area contributed by atoms with Gasteiger partial charge in [0.1, 0.15) is 5.76 Å². The van der Waals surface area contributed by atoms with Gasteiger partial charge in [-0.2, -0.15) is 0 Å². The lowest BCUT2D eigenvalue weighted by molar-refractivity contribution is 0.0720. The van der Waals surface area contributed by atoms with E-state index in [9.17, 15) is 14.7 Å². The Morgan fingerprint density at radius 2 is 2.44 bits per heavy atom. The summed E-state index contributed by atoms with van der Waals surface area (Å²) < 4.78 is 5.74. The average Bonchev–Trinajstić information content (AvgIpc) is 2.73. The summed E-state index contributed by atoms with van der Waals surface area (Å²) in [5.41, 5.74) is -0.442. The van der Waals surface area contributed by atoms with Crippen LogP contribution < -0.4 is 5.56 Å². The molecule has 1 fully saturated rings.